The summed E-state index contributed by atoms with van der Waals surface area (Å²) in [5.41, 5.74) is 1.06. The van der Waals surface area contributed by atoms with Crippen molar-refractivity contribution in [3.8, 4) is 0 Å². The van der Waals surface area contributed by atoms with Crippen molar-refractivity contribution in [2.24, 2.45) is 4.99 Å². The Kier molecular flexibility index (Phi) is 10.8. The van der Waals surface area contributed by atoms with E-state index in [1.165, 1.54) is 12.1 Å². The molecule has 2 rings (SSSR count). The molecule has 1 atom stereocenters. The number of methoxy groups -OCH3 is 1. The molecule has 1 aliphatic heterocycles. The van der Waals surface area contributed by atoms with Gasteiger partial charge in [-0.1, -0.05) is 12.1 Å². The Morgan fingerprint density at radius 1 is 1.18 bits per heavy atom. The quantitative estimate of drug-likeness (QED) is 0.335. The number of ether oxygens (including phenoxy) is 3. The van der Waals surface area contributed by atoms with E-state index in [0.717, 1.165) is 31.2 Å². The van der Waals surface area contributed by atoms with Gasteiger partial charge < -0.3 is 24.8 Å². The highest BCUT2D eigenvalue weighted by Crippen LogP contribution is 2.22. The standard InChI is InChI=1S/C20H33FN4O3/c1-3-22-20(23-8-11-27-15-14-26-2)24-16-19(25-9-12-28-13-10-25)17-4-6-18(21)7-5-17/h4-7,19H,3,8-16H2,1-2H3,(H2,22,23,24). The zero-order valence-corrected chi connectivity index (χ0v) is 17.0. The lowest BCUT2D eigenvalue weighted by atomic mass is 10.0. The van der Waals surface area contributed by atoms with Crippen LogP contribution in [0.15, 0.2) is 29.3 Å². The number of nitrogens with zero attached hydrogens (tertiary/aromatic N) is 2. The van der Waals surface area contributed by atoms with E-state index in [4.69, 9.17) is 19.2 Å². The number of benzene rings is 1. The van der Waals surface area contributed by atoms with Gasteiger partial charge in [0, 0.05) is 33.3 Å². The molecule has 0 aliphatic carbocycles. The summed E-state index contributed by atoms with van der Waals surface area (Å²) in [5, 5.41) is 6.55. The second-order valence-electron chi connectivity index (χ2n) is 6.47. The molecule has 1 aromatic carbocycles. The van der Waals surface area contributed by atoms with E-state index in [1.54, 1.807) is 7.11 Å². The first-order valence-electron chi connectivity index (χ1n) is 9.90. The van der Waals surface area contributed by atoms with Gasteiger partial charge in [0.25, 0.3) is 0 Å². The molecule has 2 N–H and O–H groups in total. The van der Waals surface area contributed by atoms with Crippen molar-refractivity contribution in [3.05, 3.63) is 35.6 Å². The molecule has 0 bridgehead atoms. The number of aliphatic imine (C=N–C) groups is 1. The van der Waals surface area contributed by atoms with Gasteiger partial charge in [0.1, 0.15) is 5.82 Å². The number of morpholine rings is 1. The van der Waals surface area contributed by atoms with Crippen LogP contribution in [0.1, 0.15) is 18.5 Å². The average molecular weight is 397 g/mol. The molecule has 1 fully saturated rings. The van der Waals surface area contributed by atoms with Crippen molar-refractivity contribution >= 4 is 5.96 Å². The molecule has 158 valence electrons. The van der Waals surface area contributed by atoms with Gasteiger partial charge in [0.15, 0.2) is 5.96 Å². The molecule has 1 aromatic rings. The first kappa shape index (κ1) is 22.5. The van der Waals surface area contributed by atoms with Crippen molar-refractivity contribution < 1.29 is 18.6 Å². The smallest absolute Gasteiger partial charge is 0.191 e. The van der Waals surface area contributed by atoms with Crippen molar-refractivity contribution in [1.29, 1.82) is 0 Å². The van der Waals surface area contributed by atoms with Crippen molar-refractivity contribution in [2.75, 3.05) is 72.9 Å². The Labute approximate surface area is 167 Å². The monoisotopic (exact) mass is 396 g/mol. The molecule has 0 amide bonds. The third-order valence-electron chi connectivity index (χ3n) is 4.48. The summed E-state index contributed by atoms with van der Waals surface area (Å²) in [5.74, 6) is 0.523. The first-order chi connectivity index (χ1) is 13.7. The summed E-state index contributed by atoms with van der Waals surface area (Å²) < 4.78 is 29.3. The number of hydrogen-bond acceptors (Lipinski definition) is 5. The third kappa shape index (κ3) is 8.10. The maximum atomic E-state index is 13.4. The van der Waals surface area contributed by atoms with E-state index in [0.29, 0.717) is 46.1 Å². The maximum absolute atomic E-state index is 13.4. The van der Waals surface area contributed by atoms with Crippen LogP contribution in [0.3, 0.4) is 0 Å². The lowest BCUT2D eigenvalue weighted by Gasteiger charge is -2.34. The molecule has 1 saturated heterocycles. The normalized spacial score (nSPS) is 16.8. The Hall–Kier alpha value is -1.74. The van der Waals surface area contributed by atoms with Gasteiger partial charge in [-0.15, -0.1) is 0 Å². The molecule has 28 heavy (non-hydrogen) atoms. The summed E-state index contributed by atoms with van der Waals surface area (Å²) in [6.07, 6.45) is 0. The van der Waals surface area contributed by atoms with E-state index < -0.39 is 0 Å². The molecule has 1 heterocycles. The minimum absolute atomic E-state index is 0.0814. The van der Waals surface area contributed by atoms with Gasteiger partial charge >= 0.3 is 0 Å². The predicted octanol–water partition coefficient (Wildman–Crippen LogP) is 1.42. The van der Waals surface area contributed by atoms with Gasteiger partial charge in [0.05, 0.1) is 45.6 Å². The summed E-state index contributed by atoms with van der Waals surface area (Å²) in [6, 6.07) is 6.78. The SMILES string of the molecule is CCNC(=NCC(c1ccc(F)cc1)N1CCOCC1)NCCOCCOC. The number of hydrogen-bond donors (Lipinski definition) is 2. The van der Waals surface area contributed by atoms with E-state index in [1.807, 2.05) is 19.1 Å². The van der Waals surface area contributed by atoms with Crippen LogP contribution in [0.5, 0.6) is 0 Å². The van der Waals surface area contributed by atoms with Crippen LogP contribution in [0.2, 0.25) is 0 Å². The van der Waals surface area contributed by atoms with Crippen LogP contribution < -0.4 is 10.6 Å². The van der Waals surface area contributed by atoms with Gasteiger partial charge in [-0.2, -0.15) is 0 Å². The molecule has 7 nitrogen and oxygen atoms in total. The zero-order valence-electron chi connectivity index (χ0n) is 17.0. The van der Waals surface area contributed by atoms with E-state index in [-0.39, 0.29) is 11.9 Å². The number of rotatable bonds is 11. The summed E-state index contributed by atoms with van der Waals surface area (Å²) in [4.78, 5) is 7.10. The Balaban J connectivity index is 1.97. The van der Waals surface area contributed by atoms with Crippen LogP contribution in [-0.2, 0) is 14.2 Å². The van der Waals surface area contributed by atoms with Crippen LogP contribution >= 0.6 is 0 Å². The molecular weight excluding hydrogens is 363 g/mol. The second kappa shape index (κ2) is 13.4. The summed E-state index contributed by atoms with van der Waals surface area (Å²) in [6.45, 7) is 8.89. The summed E-state index contributed by atoms with van der Waals surface area (Å²) >= 11 is 0. The topological polar surface area (TPSA) is 67.4 Å². The summed E-state index contributed by atoms with van der Waals surface area (Å²) in [7, 11) is 1.66. The predicted molar refractivity (Wildman–Crippen MR) is 108 cm³/mol. The van der Waals surface area contributed by atoms with Crippen LogP contribution in [-0.4, -0.2) is 83.7 Å². The van der Waals surface area contributed by atoms with Crippen LogP contribution in [0.4, 0.5) is 4.39 Å². The Morgan fingerprint density at radius 2 is 1.93 bits per heavy atom. The van der Waals surface area contributed by atoms with Gasteiger partial charge in [0.2, 0.25) is 0 Å². The highest BCUT2D eigenvalue weighted by molar-refractivity contribution is 5.79. The maximum Gasteiger partial charge on any atom is 0.191 e. The fourth-order valence-electron chi connectivity index (χ4n) is 3.01. The third-order valence-corrected chi connectivity index (χ3v) is 4.48. The largest absolute Gasteiger partial charge is 0.382 e. The first-order valence-corrected chi connectivity index (χ1v) is 9.90. The fourth-order valence-corrected chi connectivity index (χ4v) is 3.01. The molecule has 0 saturated carbocycles. The molecule has 1 aliphatic rings. The van der Waals surface area contributed by atoms with Gasteiger partial charge in [-0.25, -0.2) is 4.39 Å². The van der Waals surface area contributed by atoms with E-state index in [9.17, 15) is 4.39 Å². The van der Waals surface area contributed by atoms with Crippen LogP contribution in [0.25, 0.3) is 0 Å². The second-order valence-corrected chi connectivity index (χ2v) is 6.47. The highest BCUT2D eigenvalue weighted by Gasteiger charge is 2.22. The van der Waals surface area contributed by atoms with Gasteiger partial charge in [-0.05, 0) is 24.6 Å². The van der Waals surface area contributed by atoms with Gasteiger partial charge in [-0.3, -0.25) is 9.89 Å². The molecule has 1 unspecified atom stereocenters. The lowest BCUT2D eigenvalue weighted by molar-refractivity contribution is 0.0179. The molecular formula is C20H33FN4O3. The fraction of sp³-hybridized carbons (Fsp3) is 0.650. The molecule has 0 spiro atoms. The molecule has 8 heteroatoms. The number of guanidine groups is 1. The van der Waals surface area contributed by atoms with Crippen LogP contribution in [0, 0.1) is 5.82 Å². The molecule has 0 aromatic heterocycles. The van der Waals surface area contributed by atoms with Crippen molar-refractivity contribution in [1.82, 2.24) is 15.5 Å². The number of halogens is 1. The van der Waals surface area contributed by atoms with Crippen molar-refractivity contribution in [2.45, 2.75) is 13.0 Å². The minimum Gasteiger partial charge on any atom is -0.382 e. The number of nitrogens with one attached hydrogen (secondary N) is 2. The zero-order chi connectivity index (χ0) is 20.0. The van der Waals surface area contributed by atoms with E-state index in [2.05, 4.69) is 15.5 Å². The molecule has 0 radical (unpaired) electrons. The van der Waals surface area contributed by atoms with E-state index >= 15 is 0 Å². The lowest BCUT2D eigenvalue weighted by Crippen LogP contribution is -2.42. The Morgan fingerprint density at radius 3 is 2.61 bits per heavy atom. The highest BCUT2D eigenvalue weighted by atomic mass is 19.1. The Bertz CT molecular complexity index is 565. The minimum atomic E-state index is -0.226. The average Bonchev–Trinajstić information content (AvgIpc) is 2.72. The van der Waals surface area contributed by atoms with Crippen molar-refractivity contribution in [3.63, 3.8) is 0 Å².